The standard InChI is InChI=1S/C16H23N3O2/c1-12(2)19-16(17-11-18-19)10-21-15-8-6-14(7-9-15)5-4-13(3)20/h6-9,11-13,20H,4-5,10H2,1-3H3. The van der Waals surface area contributed by atoms with Crippen LogP contribution in [0.4, 0.5) is 0 Å². The Balaban J connectivity index is 1.90. The van der Waals surface area contributed by atoms with Gasteiger partial charge in [0.1, 0.15) is 18.7 Å². The van der Waals surface area contributed by atoms with Gasteiger partial charge in [0.05, 0.1) is 6.10 Å². The molecule has 0 fully saturated rings. The van der Waals surface area contributed by atoms with E-state index >= 15 is 0 Å². The van der Waals surface area contributed by atoms with Crippen molar-refractivity contribution in [3.8, 4) is 5.75 Å². The van der Waals surface area contributed by atoms with Crippen LogP contribution in [-0.4, -0.2) is 26.0 Å². The predicted octanol–water partition coefficient (Wildman–Crippen LogP) is 2.75. The summed E-state index contributed by atoms with van der Waals surface area (Å²) in [5, 5.41) is 13.5. The molecular weight excluding hydrogens is 266 g/mol. The van der Waals surface area contributed by atoms with Crippen LogP contribution in [-0.2, 0) is 13.0 Å². The van der Waals surface area contributed by atoms with E-state index in [-0.39, 0.29) is 12.1 Å². The Morgan fingerprint density at radius 2 is 1.90 bits per heavy atom. The molecule has 0 bridgehead atoms. The molecule has 0 aliphatic carbocycles. The van der Waals surface area contributed by atoms with Gasteiger partial charge in [0.25, 0.3) is 0 Å². The first-order valence-corrected chi connectivity index (χ1v) is 7.34. The molecule has 21 heavy (non-hydrogen) atoms. The molecule has 114 valence electrons. The smallest absolute Gasteiger partial charge is 0.165 e. The average Bonchev–Trinajstić information content (AvgIpc) is 2.92. The molecule has 1 N–H and O–H groups in total. The van der Waals surface area contributed by atoms with Gasteiger partial charge >= 0.3 is 0 Å². The molecule has 2 aromatic rings. The van der Waals surface area contributed by atoms with Crippen LogP contribution in [0.25, 0.3) is 0 Å². The van der Waals surface area contributed by atoms with Gasteiger partial charge in [-0.05, 0) is 51.3 Å². The summed E-state index contributed by atoms with van der Waals surface area (Å²) in [6.07, 6.45) is 2.94. The van der Waals surface area contributed by atoms with Gasteiger partial charge < -0.3 is 9.84 Å². The number of rotatable bonds is 7. The van der Waals surface area contributed by atoms with Crippen molar-refractivity contribution < 1.29 is 9.84 Å². The van der Waals surface area contributed by atoms with Crippen molar-refractivity contribution in [3.05, 3.63) is 42.0 Å². The zero-order valence-corrected chi connectivity index (χ0v) is 12.9. The van der Waals surface area contributed by atoms with E-state index in [0.29, 0.717) is 6.61 Å². The van der Waals surface area contributed by atoms with Crippen molar-refractivity contribution in [2.24, 2.45) is 0 Å². The lowest BCUT2D eigenvalue weighted by atomic mass is 10.1. The monoisotopic (exact) mass is 289 g/mol. The summed E-state index contributed by atoms with van der Waals surface area (Å²) in [5.74, 6) is 1.64. The van der Waals surface area contributed by atoms with Gasteiger partial charge in [0, 0.05) is 6.04 Å². The van der Waals surface area contributed by atoms with Crippen LogP contribution in [0.15, 0.2) is 30.6 Å². The van der Waals surface area contributed by atoms with E-state index in [0.717, 1.165) is 24.4 Å². The maximum atomic E-state index is 9.29. The molecule has 1 aromatic heterocycles. The zero-order valence-electron chi connectivity index (χ0n) is 12.9. The minimum atomic E-state index is -0.261. The predicted molar refractivity (Wildman–Crippen MR) is 81.2 cm³/mol. The minimum absolute atomic E-state index is 0.261. The molecule has 1 unspecified atom stereocenters. The first-order chi connectivity index (χ1) is 10.1. The summed E-state index contributed by atoms with van der Waals surface area (Å²) < 4.78 is 7.61. The molecule has 5 heteroatoms. The molecule has 0 aliphatic rings. The van der Waals surface area contributed by atoms with E-state index in [1.165, 1.54) is 5.56 Å². The van der Waals surface area contributed by atoms with Gasteiger partial charge in [-0.15, -0.1) is 0 Å². The number of aromatic nitrogens is 3. The third-order valence-electron chi connectivity index (χ3n) is 3.28. The third-order valence-corrected chi connectivity index (χ3v) is 3.28. The number of aliphatic hydroxyl groups excluding tert-OH is 1. The van der Waals surface area contributed by atoms with Crippen LogP contribution in [0.3, 0.4) is 0 Å². The number of benzene rings is 1. The highest BCUT2D eigenvalue weighted by Gasteiger charge is 2.08. The van der Waals surface area contributed by atoms with Gasteiger partial charge in [-0.25, -0.2) is 9.67 Å². The normalized spacial score (nSPS) is 12.6. The fraction of sp³-hybridized carbons (Fsp3) is 0.500. The zero-order chi connectivity index (χ0) is 15.2. The summed E-state index contributed by atoms with van der Waals surface area (Å²) in [5.41, 5.74) is 1.20. The molecule has 0 amide bonds. The molecule has 0 aliphatic heterocycles. The lowest BCUT2D eigenvalue weighted by molar-refractivity contribution is 0.185. The lowest BCUT2D eigenvalue weighted by Crippen LogP contribution is -2.10. The van der Waals surface area contributed by atoms with Gasteiger partial charge in [-0.3, -0.25) is 0 Å². The maximum absolute atomic E-state index is 9.29. The second-order valence-electron chi connectivity index (χ2n) is 5.53. The fourth-order valence-corrected chi connectivity index (χ4v) is 2.08. The van der Waals surface area contributed by atoms with E-state index in [2.05, 4.69) is 23.9 Å². The molecule has 5 nitrogen and oxygen atoms in total. The number of nitrogens with zero attached hydrogens (tertiary/aromatic N) is 3. The Hall–Kier alpha value is -1.88. The number of hydrogen-bond donors (Lipinski definition) is 1. The Morgan fingerprint density at radius 1 is 1.19 bits per heavy atom. The van der Waals surface area contributed by atoms with Crippen molar-refractivity contribution in [1.82, 2.24) is 14.8 Å². The fourth-order valence-electron chi connectivity index (χ4n) is 2.08. The van der Waals surface area contributed by atoms with Crippen molar-refractivity contribution in [1.29, 1.82) is 0 Å². The summed E-state index contributed by atoms with van der Waals surface area (Å²) in [7, 11) is 0. The molecule has 0 spiro atoms. The van der Waals surface area contributed by atoms with Crippen molar-refractivity contribution in [3.63, 3.8) is 0 Å². The Morgan fingerprint density at radius 3 is 2.52 bits per heavy atom. The van der Waals surface area contributed by atoms with Gasteiger partial charge in [-0.1, -0.05) is 12.1 Å². The van der Waals surface area contributed by atoms with E-state index in [1.807, 2.05) is 35.9 Å². The van der Waals surface area contributed by atoms with Crippen LogP contribution >= 0.6 is 0 Å². The highest BCUT2D eigenvalue weighted by Crippen LogP contribution is 2.16. The van der Waals surface area contributed by atoms with Gasteiger partial charge in [-0.2, -0.15) is 5.10 Å². The topological polar surface area (TPSA) is 60.2 Å². The molecule has 0 radical (unpaired) electrons. The highest BCUT2D eigenvalue weighted by molar-refractivity contribution is 5.27. The summed E-state index contributed by atoms with van der Waals surface area (Å²) in [6.45, 7) is 6.35. The number of hydrogen-bond acceptors (Lipinski definition) is 4. The van der Waals surface area contributed by atoms with E-state index in [4.69, 9.17) is 4.74 Å². The van der Waals surface area contributed by atoms with Gasteiger partial charge in [0.15, 0.2) is 5.82 Å². The number of aryl methyl sites for hydroxylation is 1. The van der Waals surface area contributed by atoms with Crippen LogP contribution in [0.1, 0.15) is 44.6 Å². The summed E-state index contributed by atoms with van der Waals surface area (Å²) in [6, 6.07) is 8.24. The number of ether oxygens (including phenoxy) is 1. The Kier molecular flexibility index (Phi) is 5.33. The van der Waals surface area contributed by atoms with Crippen molar-refractivity contribution in [2.45, 2.75) is 52.4 Å². The highest BCUT2D eigenvalue weighted by atomic mass is 16.5. The molecule has 2 rings (SSSR count). The van der Waals surface area contributed by atoms with Crippen LogP contribution < -0.4 is 4.74 Å². The van der Waals surface area contributed by atoms with Crippen molar-refractivity contribution in [2.75, 3.05) is 0 Å². The first-order valence-electron chi connectivity index (χ1n) is 7.34. The Labute approximate surface area is 125 Å². The molecule has 0 saturated heterocycles. The molecule has 1 atom stereocenters. The second kappa shape index (κ2) is 7.22. The van der Waals surface area contributed by atoms with Crippen LogP contribution in [0.5, 0.6) is 5.75 Å². The van der Waals surface area contributed by atoms with E-state index < -0.39 is 0 Å². The van der Waals surface area contributed by atoms with E-state index in [9.17, 15) is 5.11 Å². The third kappa shape index (κ3) is 4.56. The molecule has 1 heterocycles. The van der Waals surface area contributed by atoms with E-state index in [1.54, 1.807) is 6.33 Å². The Bertz CT molecular complexity index is 547. The lowest BCUT2D eigenvalue weighted by Gasteiger charge is -2.11. The van der Waals surface area contributed by atoms with Crippen LogP contribution in [0.2, 0.25) is 0 Å². The molecular formula is C16H23N3O2. The summed E-state index contributed by atoms with van der Waals surface area (Å²) >= 11 is 0. The largest absolute Gasteiger partial charge is 0.486 e. The molecule has 0 saturated carbocycles. The SMILES string of the molecule is CC(O)CCc1ccc(OCc2ncnn2C(C)C)cc1. The minimum Gasteiger partial charge on any atom is -0.486 e. The number of aliphatic hydroxyl groups is 1. The first kappa shape index (κ1) is 15.5. The van der Waals surface area contributed by atoms with Gasteiger partial charge in [0.2, 0.25) is 0 Å². The summed E-state index contributed by atoms with van der Waals surface area (Å²) in [4.78, 5) is 4.22. The van der Waals surface area contributed by atoms with Crippen molar-refractivity contribution >= 4 is 0 Å². The quantitative estimate of drug-likeness (QED) is 0.851. The van der Waals surface area contributed by atoms with Crippen LogP contribution in [0, 0.1) is 0 Å². The maximum Gasteiger partial charge on any atom is 0.165 e. The molecule has 1 aromatic carbocycles. The second-order valence-corrected chi connectivity index (χ2v) is 5.53. The average molecular weight is 289 g/mol.